The number of amides is 1. The molecule has 0 spiro atoms. The highest BCUT2D eigenvalue weighted by Crippen LogP contribution is 2.19. The zero-order chi connectivity index (χ0) is 19.1. The fourth-order valence-electron chi connectivity index (χ4n) is 3.15. The molecular formula is C22H25N3O2. The number of aromatic nitrogens is 2. The van der Waals surface area contributed by atoms with Crippen molar-refractivity contribution in [3.63, 3.8) is 0 Å². The number of imidazole rings is 1. The van der Waals surface area contributed by atoms with Gasteiger partial charge in [-0.2, -0.15) is 0 Å². The highest BCUT2D eigenvalue weighted by molar-refractivity contribution is 5.76. The normalized spacial score (nSPS) is 11.9. The second-order valence-corrected chi connectivity index (χ2v) is 6.66. The first-order valence-electron chi connectivity index (χ1n) is 9.22. The lowest BCUT2D eigenvalue weighted by molar-refractivity contribution is -0.121. The molecule has 5 heteroatoms. The molecule has 1 atom stereocenters. The van der Waals surface area contributed by atoms with Crippen molar-refractivity contribution in [1.29, 1.82) is 0 Å². The number of phenols is 1. The van der Waals surface area contributed by atoms with E-state index in [0.717, 1.165) is 29.9 Å². The first-order chi connectivity index (χ1) is 13.1. The number of hydrogen-bond acceptors (Lipinski definition) is 3. The van der Waals surface area contributed by atoms with Gasteiger partial charge in [0.05, 0.1) is 6.04 Å². The average molecular weight is 363 g/mol. The summed E-state index contributed by atoms with van der Waals surface area (Å²) in [5.74, 6) is 1.21. The van der Waals surface area contributed by atoms with Gasteiger partial charge in [0, 0.05) is 25.4 Å². The lowest BCUT2D eigenvalue weighted by Gasteiger charge is -2.20. The standard InChI is InChI=1S/C22H25N3O2/c1-17-23-13-15-25(17)14-12-21(19-7-3-2-4-8-19)24-22(27)11-10-18-6-5-9-20(26)16-18/h2-9,13,15-16,21,26H,10-12,14H2,1H3,(H,24,27). The molecule has 0 bridgehead atoms. The van der Waals surface area contributed by atoms with Gasteiger partial charge in [-0.1, -0.05) is 42.5 Å². The molecule has 1 amide bonds. The Hall–Kier alpha value is -3.08. The molecule has 3 aromatic rings. The summed E-state index contributed by atoms with van der Waals surface area (Å²) in [4.78, 5) is 16.8. The number of carbonyl (C=O) groups is 1. The van der Waals surface area contributed by atoms with Gasteiger partial charge in [-0.3, -0.25) is 4.79 Å². The van der Waals surface area contributed by atoms with E-state index in [4.69, 9.17) is 0 Å². The van der Waals surface area contributed by atoms with Gasteiger partial charge in [-0.25, -0.2) is 4.98 Å². The number of aromatic hydroxyl groups is 1. The van der Waals surface area contributed by atoms with Crippen LogP contribution in [0.2, 0.25) is 0 Å². The summed E-state index contributed by atoms with van der Waals surface area (Å²) < 4.78 is 2.09. The average Bonchev–Trinajstić information content (AvgIpc) is 3.09. The molecular weight excluding hydrogens is 338 g/mol. The van der Waals surface area contributed by atoms with Crippen LogP contribution in [0.1, 0.15) is 35.8 Å². The third kappa shape index (κ3) is 5.45. The molecule has 1 unspecified atom stereocenters. The van der Waals surface area contributed by atoms with Crippen molar-refractivity contribution in [3.05, 3.63) is 83.9 Å². The van der Waals surface area contributed by atoms with Gasteiger partial charge in [0.25, 0.3) is 0 Å². The SMILES string of the molecule is Cc1nccn1CCC(NC(=O)CCc1cccc(O)c1)c1ccccc1. The number of aryl methyl sites for hydroxylation is 3. The second-order valence-electron chi connectivity index (χ2n) is 6.66. The van der Waals surface area contributed by atoms with Crippen LogP contribution in [0.15, 0.2) is 67.0 Å². The number of nitrogens with zero attached hydrogens (tertiary/aromatic N) is 2. The Morgan fingerprint density at radius 3 is 2.70 bits per heavy atom. The van der Waals surface area contributed by atoms with Gasteiger partial charge in [-0.15, -0.1) is 0 Å². The summed E-state index contributed by atoms with van der Waals surface area (Å²) in [6.07, 6.45) is 5.53. The van der Waals surface area contributed by atoms with Crippen molar-refractivity contribution in [2.45, 2.75) is 38.8 Å². The maximum absolute atomic E-state index is 12.5. The smallest absolute Gasteiger partial charge is 0.220 e. The molecule has 27 heavy (non-hydrogen) atoms. The maximum Gasteiger partial charge on any atom is 0.220 e. The van der Waals surface area contributed by atoms with Gasteiger partial charge >= 0.3 is 0 Å². The number of hydrogen-bond donors (Lipinski definition) is 2. The Labute approximate surface area is 159 Å². The maximum atomic E-state index is 12.5. The van der Waals surface area contributed by atoms with Gasteiger partial charge in [-0.05, 0) is 43.0 Å². The van der Waals surface area contributed by atoms with Crippen LogP contribution < -0.4 is 5.32 Å². The van der Waals surface area contributed by atoms with E-state index in [1.54, 1.807) is 24.4 Å². The summed E-state index contributed by atoms with van der Waals surface area (Å²) in [6, 6.07) is 17.0. The molecule has 2 N–H and O–H groups in total. The van der Waals surface area contributed by atoms with Gasteiger partial charge in [0.15, 0.2) is 0 Å². The predicted molar refractivity (Wildman–Crippen MR) is 105 cm³/mol. The van der Waals surface area contributed by atoms with Gasteiger partial charge in [0.2, 0.25) is 5.91 Å². The van der Waals surface area contributed by atoms with Crippen LogP contribution in [0.3, 0.4) is 0 Å². The van der Waals surface area contributed by atoms with Crippen LogP contribution in [0.5, 0.6) is 5.75 Å². The molecule has 0 radical (unpaired) electrons. The molecule has 0 aliphatic rings. The third-order valence-electron chi connectivity index (χ3n) is 4.67. The molecule has 1 heterocycles. The van der Waals surface area contributed by atoms with Crippen molar-refractivity contribution in [2.75, 3.05) is 0 Å². The van der Waals surface area contributed by atoms with Crippen molar-refractivity contribution < 1.29 is 9.90 Å². The van der Waals surface area contributed by atoms with E-state index >= 15 is 0 Å². The van der Waals surface area contributed by atoms with Crippen LogP contribution in [0, 0.1) is 6.92 Å². The Balaban J connectivity index is 1.62. The zero-order valence-electron chi connectivity index (χ0n) is 15.5. The summed E-state index contributed by atoms with van der Waals surface area (Å²) in [6.45, 7) is 2.77. The number of carbonyl (C=O) groups excluding carboxylic acids is 1. The molecule has 2 aromatic carbocycles. The molecule has 1 aromatic heterocycles. The van der Waals surface area contributed by atoms with Crippen molar-refractivity contribution in [1.82, 2.24) is 14.9 Å². The van der Waals surface area contributed by atoms with E-state index in [1.807, 2.05) is 49.5 Å². The quantitative estimate of drug-likeness (QED) is 0.640. The Morgan fingerprint density at radius 2 is 2.00 bits per heavy atom. The topological polar surface area (TPSA) is 67.2 Å². The zero-order valence-corrected chi connectivity index (χ0v) is 15.5. The molecule has 0 aliphatic carbocycles. The molecule has 0 saturated carbocycles. The lowest BCUT2D eigenvalue weighted by atomic mass is 10.0. The van der Waals surface area contributed by atoms with Gasteiger partial charge < -0.3 is 15.0 Å². The van der Waals surface area contributed by atoms with E-state index in [9.17, 15) is 9.90 Å². The first kappa shape index (κ1) is 18.7. The third-order valence-corrected chi connectivity index (χ3v) is 4.67. The first-order valence-corrected chi connectivity index (χ1v) is 9.22. The van der Waals surface area contributed by atoms with Crippen molar-refractivity contribution in [2.24, 2.45) is 0 Å². The number of benzene rings is 2. The highest BCUT2D eigenvalue weighted by Gasteiger charge is 2.15. The summed E-state index contributed by atoms with van der Waals surface area (Å²) in [5.41, 5.74) is 2.05. The largest absolute Gasteiger partial charge is 0.508 e. The molecule has 3 rings (SSSR count). The van der Waals surface area contributed by atoms with Crippen molar-refractivity contribution in [3.8, 4) is 5.75 Å². The Kier molecular flexibility index (Phi) is 6.26. The minimum atomic E-state index is -0.0512. The number of nitrogens with one attached hydrogen (secondary N) is 1. The summed E-state index contributed by atoms with van der Waals surface area (Å²) in [5, 5.41) is 12.7. The van der Waals surface area contributed by atoms with Crippen LogP contribution in [0.25, 0.3) is 0 Å². The fourth-order valence-corrected chi connectivity index (χ4v) is 3.15. The van der Waals surface area contributed by atoms with Crippen LogP contribution in [-0.4, -0.2) is 20.6 Å². The van der Waals surface area contributed by atoms with E-state index in [-0.39, 0.29) is 17.7 Å². The van der Waals surface area contributed by atoms with E-state index < -0.39 is 0 Å². The van der Waals surface area contributed by atoms with E-state index in [1.165, 1.54) is 0 Å². The van der Waals surface area contributed by atoms with E-state index in [0.29, 0.717) is 12.8 Å². The summed E-state index contributed by atoms with van der Waals surface area (Å²) in [7, 11) is 0. The van der Waals surface area contributed by atoms with Crippen LogP contribution in [-0.2, 0) is 17.8 Å². The summed E-state index contributed by atoms with van der Waals surface area (Å²) >= 11 is 0. The highest BCUT2D eigenvalue weighted by atomic mass is 16.3. The lowest BCUT2D eigenvalue weighted by Crippen LogP contribution is -2.29. The number of phenolic OH excluding ortho intramolecular Hbond substituents is 1. The van der Waals surface area contributed by atoms with Crippen LogP contribution in [0.4, 0.5) is 0 Å². The van der Waals surface area contributed by atoms with Gasteiger partial charge in [0.1, 0.15) is 11.6 Å². The van der Waals surface area contributed by atoms with Crippen molar-refractivity contribution >= 4 is 5.91 Å². The molecule has 0 fully saturated rings. The van der Waals surface area contributed by atoms with E-state index in [2.05, 4.69) is 14.9 Å². The molecule has 0 saturated heterocycles. The molecule has 0 aliphatic heterocycles. The van der Waals surface area contributed by atoms with Crippen LogP contribution >= 0.6 is 0 Å². The molecule has 5 nitrogen and oxygen atoms in total. The second kappa shape index (κ2) is 9.03. The Bertz CT molecular complexity index is 874. The monoisotopic (exact) mass is 363 g/mol. The Morgan fingerprint density at radius 1 is 1.19 bits per heavy atom. The molecule has 140 valence electrons. The number of rotatable bonds is 8. The predicted octanol–water partition coefficient (Wildman–Crippen LogP) is 3.78. The minimum absolute atomic E-state index is 0.00884. The minimum Gasteiger partial charge on any atom is -0.508 e. The fraction of sp³-hybridized carbons (Fsp3) is 0.273.